The van der Waals surface area contributed by atoms with Crippen LogP contribution in [0.3, 0.4) is 0 Å². The average molecular weight is 224 g/mol. The number of rotatable bonds is 4. The second-order valence-electron chi connectivity index (χ2n) is 3.89. The van der Waals surface area contributed by atoms with Crippen LogP contribution in [0.2, 0.25) is 0 Å². The van der Waals surface area contributed by atoms with E-state index in [9.17, 15) is 9.59 Å². The molecule has 86 valence electrons. The number of hydrogen-bond donors (Lipinski definition) is 3. The minimum Gasteiger partial charge on any atom is -0.481 e. The van der Waals surface area contributed by atoms with Crippen molar-refractivity contribution in [1.82, 2.24) is 20.5 Å². The molecule has 1 saturated carbocycles. The number of carboxylic acids is 1. The van der Waals surface area contributed by atoms with Crippen LogP contribution in [0.25, 0.3) is 0 Å². The Labute approximate surface area is 91.3 Å². The van der Waals surface area contributed by atoms with Crippen molar-refractivity contribution < 1.29 is 14.7 Å². The summed E-state index contributed by atoms with van der Waals surface area (Å²) in [5.74, 6) is -1.52. The largest absolute Gasteiger partial charge is 0.481 e. The summed E-state index contributed by atoms with van der Waals surface area (Å²) in [5.41, 5.74) is 0. The lowest BCUT2D eigenvalue weighted by molar-refractivity contribution is -0.140. The third-order valence-electron chi connectivity index (χ3n) is 2.65. The van der Waals surface area contributed by atoms with Crippen molar-refractivity contribution >= 4 is 11.9 Å². The quantitative estimate of drug-likeness (QED) is 0.650. The second kappa shape index (κ2) is 3.92. The maximum Gasteiger partial charge on any atom is 0.307 e. The number of aromatic amines is 1. The molecule has 1 aliphatic carbocycles. The zero-order valence-electron chi connectivity index (χ0n) is 8.67. The van der Waals surface area contributed by atoms with Crippen LogP contribution in [0.15, 0.2) is 6.33 Å². The number of nitrogens with zero attached hydrogens (tertiary/aromatic N) is 2. The molecule has 7 heteroatoms. The smallest absolute Gasteiger partial charge is 0.307 e. The fourth-order valence-corrected chi connectivity index (χ4v) is 1.57. The van der Waals surface area contributed by atoms with E-state index >= 15 is 0 Å². The van der Waals surface area contributed by atoms with E-state index in [2.05, 4.69) is 20.5 Å². The van der Waals surface area contributed by atoms with Gasteiger partial charge >= 0.3 is 5.97 Å². The molecule has 0 saturated heterocycles. The van der Waals surface area contributed by atoms with E-state index in [1.165, 1.54) is 6.33 Å². The lowest BCUT2D eigenvalue weighted by Crippen LogP contribution is -2.29. The van der Waals surface area contributed by atoms with Crippen LogP contribution in [0.5, 0.6) is 0 Å². The van der Waals surface area contributed by atoms with E-state index in [1.54, 1.807) is 6.92 Å². The highest BCUT2D eigenvalue weighted by Gasteiger charge is 2.48. The van der Waals surface area contributed by atoms with Gasteiger partial charge in [0.05, 0.1) is 17.9 Å². The Hall–Kier alpha value is -1.92. The van der Waals surface area contributed by atoms with Gasteiger partial charge in [0, 0.05) is 0 Å². The number of carbonyl (C=O) groups excluding carboxylic acids is 1. The fourth-order valence-electron chi connectivity index (χ4n) is 1.57. The van der Waals surface area contributed by atoms with Gasteiger partial charge < -0.3 is 10.4 Å². The van der Waals surface area contributed by atoms with Crippen molar-refractivity contribution in [2.24, 2.45) is 11.8 Å². The van der Waals surface area contributed by atoms with Crippen molar-refractivity contribution in [3.8, 4) is 0 Å². The SMILES string of the molecule is CC(NC(=O)[C@@H]1C[C@@H]1C(=O)O)c1ncn[nH]1. The molecule has 1 amide bonds. The lowest BCUT2D eigenvalue weighted by Gasteiger charge is -2.10. The average Bonchev–Trinajstić information content (AvgIpc) is 2.85. The number of amides is 1. The van der Waals surface area contributed by atoms with Gasteiger partial charge in [-0.25, -0.2) is 4.98 Å². The molecule has 1 aromatic rings. The molecule has 1 unspecified atom stereocenters. The highest BCUT2D eigenvalue weighted by Crippen LogP contribution is 2.39. The van der Waals surface area contributed by atoms with E-state index in [1.807, 2.05) is 0 Å². The second-order valence-corrected chi connectivity index (χ2v) is 3.89. The van der Waals surface area contributed by atoms with Gasteiger partial charge in [0.2, 0.25) is 5.91 Å². The highest BCUT2D eigenvalue weighted by atomic mass is 16.4. The van der Waals surface area contributed by atoms with Gasteiger partial charge in [-0.2, -0.15) is 5.10 Å². The number of aromatic nitrogens is 3. The molecule has 0 aliphatic heterocycles. The zero-order valence-corrected chi connectivity index (χ0v) is 8.67. The summed E-state index contributed by atoms with van der Waals surface area (Å²) in [4.78, 5) is 26.1. The molecule has 0 aromatic carbocycles. The van der Waals surface area contributed by atoms with Crippen LogP contribution in [-0.2, 0) is 9.59 Å². The lowest BCUT2D eigenvalue weighted by atomic mass is 10.2. The molecule has 7 nitrogen and oxygen atoms in total. The topological polar surface area (TPSA) is 108 Å². The summed E-state index contributed by atoms with van der Waals surface area (Å²) < 4.78 is 0. The summed E-state index contributed by atoms with van der Waals surface area (Å²) >= 11 is 0. The number of aliphatic carboxylic acids is 1. The molecule has 0 bridgehead atoms. The number of carbonyl (C=O) groups is 2. The zero-order chi connectivity index (χ0) is 11.7. The van der Waals surface area contributed by atoms with Gasteiger partial charge in [-0.3, -0.25) is 14.7 Å². The molecule has 1 fully saturated rings. The Kier molecular flexibility index (Phi) is 2.59. The van der Waals surface area contributed by atoms with Crippen LogP contribution in [0.1, 0.15) is 25.2 Å². The van der Waals surface area contributed by atoms with Gasteiger partial charge in [0.25, 0.3) is 0 Å². The standard InChI is InChI=1S/C9H12N4O3/c1-4(7-10-3-11-13-7)12-8(14)5-2-6(5)9(15)16/h3-6H,2H2,1H3,(H,12,14)(H,15,16)(H,10,11,13)/t4?,5-,6+/m1/s1. The first-order valence-corrected chi connectivity index (χ1v) is 4.98. The normalized spacial score (nSPS) is 24.8. The predicted molar refractivity (Wildman–Crippen MR) is 52.2 cm³/mol. The van der Waals surface area contributed by atoms with E-state index in [-0.39, 0.29) is 11.9 Å². The Morgan fingerprint density at radius 1 is 1.62 bits per heavy atom. The summed E-state index contributed by atoms with van der Waals surface area (Å²) in [6.45, 7) is 1.76. The Balaban J connectivity index is 1.87. The molecular formula is C9H12N4O3. The maximum atomic E-state index is 11.6. The van der Waals surface area contributed by atoms with Crippen molar-refractivity contribution in [2.45, 2.75) is 19.4 Å². The number of H-pyrrole nitrogens is 1. The van der Waals surface area contributed by atoms with Crippen molar-refractivity contribution in [3.63, 3.8) is 0 Å². The minimum atomic E-state index is -0.910. The number of carboxylic acid groups (broad SMARTS) is 1. The molecule has 1 aromatic heterocycles. The van der Waals surface area contributed by atoms with Gasteiger partial charge in [0.15, 0.2) is 0 Å². The van der Waals surface area contributed by atoms with Gasteiger partial charge in [-0.1, -0.05) is 0 Å². The molecule has 3 N–H and O–H groups in total. The first-order valence-electron chi connectivity index (χ1n) is 4.98. The van der Waals surface area contributed by atoms with Crippen LogP contribution >= 0.6 is 0 Å². The molecule has 3 atom stereocenters. The van der Waals surface area contributed by atoms with Crippen LogP contribution in [0.4, 0.5) is 0 Å². The van der Waals surface area contributed by atoms with E-state index in [0.717, 1.165) is 0 Å². The summed E-state index contributed by atoms with van der Waals surface area (Å²) in [7, 11) is 0. The Morgan fingerprint density at radius 2 is 2.38 bits per heavy atom. The van der Waals surface area contributed by atoms with Gasteiger partial charge in [-0.15, -0.1) is 0 Å². The molecule has 0 radical (unpaired) electrons. The van der Waals surface area contributed by atoms with E-state index < -0.39 is 17.8 Å². The first-order chi connectivity index (χ1) is 7.59. The monoisotopic (exact) mass is 224 g/mol. The molecule has 2 rings (SSSR count). The summed E-state index contributed by atoms with van der Waals surface area (Å²) in [5, 5.41) is 17.7. The Morgan fingerprint density at radius 3 is 2.88 bits per heavy atom. The van der Waals surface area contributed by atoms with E-state index in [4.69, 9.17) is 5.11 Å². The summed E-state index contributed by atoms with van der Waals surface area (Å²) in [6.07, 6.45) is 1.78. The molecular weight excluding hydrogens is 212 g/mol. The van der Waals surface area contributed by atoms with E-state index in [0.29, 0.717) is 12.2 Å². The van der Waals surface area contributed by atoms with Crippen LogP contribution < -0.4 is 5.32 Å². The van der Waals surface area contributed by atoms with Crippen molar-refractivity contribution in [2.75, 3.05) is 0 Å². The van der Waals surface area contributed by atoms with Gasteiger partial charge in [0.1, 0.15) is 12.2 Å². The molecule has 16 heavy (non-hydrogen) atoms. The van der Waals surface area contributed by atoms with Crippen LogP contribution in [0, 0.1) is 11.8 Å². The number of nitrogens with one attached hydrogen (secondary N) is 2. The maximum absolute atomic E-state index is 11.6. The fraction of sp³-hybridized carbons (Fsp3) is 0.556. The minimum absolute atomic E-state index is 0.240. The molecule has 0 spiro atoms. The molecule has 1 heterocycles. The third-order valence-corrected chi connectivity index (χ3v) is 2.65. The first kappa shape index (κ1) is 10.6. The van der Waals surface area contributed by atoms with Crippen molar-refractivity contribution in [1.29, 1.82) is 0 Å². The molecule has 1 aliphatic rings. The Bertz CT molecular complexity index is 403. The van der Waals surface area contributed by atoms with Crippen LogP contribution in [-0.4, -0.2) is 32.2 Å². The van der Waals surface area contributed by atoms with Gasteiger partial charge in [-0.05, 0) is 13.3 Å². The highest BCUT2D eigenvalue weighted by molar-refractivity contribution is 5.89. The predicted octanol–water partition coefficient (Wildman–Crippen LogP) is -0.297. The summed E-state index contributed by atoms with van der Waals surface area (Å²) in [6, 6.07) is -0.287. The third kappa shape index (κ3) is 2.02. The number of hydrogen-bond acceptors (Lipinski definition) is 4. The van der Waals surface area contributed by atoms with Crippen molar-refractivity contribution in [3.05, 3.63) is 12.2 Å².